The Morgan fingerprint density at radius 3 is 2.63 bits per heavy atom. The molecule has 106 valence electrons. The van der Waals surface area contributed by atoms with Gasteiger partial charge in [-0.25, -0.2) is 4.79 Å². The average molecular weight is 301 g/mol. The molecule has 0 unspecified atom stereocenters. The van der Waals surface area contributed by atoms with E-state index in [4.69, 9.17) is 5.11 Å². The van der Waals surface area contributed by atoms with E-state index in [1.807, 2.05) is 17.5 Å². The summed E-state index contributed by atoms with van der Waals surface area (Å²) >= 11 is 3.18. The molecule has 0 atom stereocenters. The molecule has 1 aromatic heterocycles. The Kier molecular flexibility index (Phi) is 5.87. The van der Waals surface area contributed by atoms with Crippen molar-refractivity contribution in [2.24, 2.45) is 0 Å². The fourth-order valence-electron chi connectivity index (χ4n) is 1.71. The van der Waals surface area contributed by atoms with Crippen molar-refractivity contribution in [1.29, 1.82) is 0 Å². The highest BCUT2D eigenvalue weighted by Gasteiger charge is 2.36. The Balaban J connectivity index is 2.52. The van der Waals surface area contributed by atoms with Crippen LogP contribution >= 0.6 is 23.1 Å². The second kappa shape index (κ2) is 6.96. The van der Waals surface area contributed by atoms with Crippen molar-refractivity contribution in [3.8, 4) is 0 Å². The molecule has 0 aliphatic heterocycles. The number of amides is 1. The van der Waals surface area contributed by atoms with Crippen molar-refractivity contribution in [2.75, 3.05) is 12.3 Å². The van der Waals surface area contributed by atoms with Crippen LogP contribution < -0.4 is 0 Å². The van der Waals surface area contributed by atoms with Crippen LogP contribution in [0.4, 0.5) is 0 Å². The summed E-state index contributed by atoms with van der Waals surface area (Å²) in [6.45, 7) is 5.31. The van der Waals surface area contributed by atoms with Gasteiger partial charge < -0.3 is 10.0 Å². The summed E-state index contributed by atoms with van der Waals surface area (Å²) in [4.78, 5) is 25.9. The van der Waals surface area contributed by atoms with Gasteiger partial charge in [0.25, 0.3) is 0 Å². The SMILES string of the molecule is CCN(C(=O)CSCc1cccs1)C(C)(C)C(=O)O. The molecule has 0 saturated carbocycles. The largest absolute Gasteiger partial charge is 0.480 e. The van der Waals surface area contributed by atoms with Crippen LogP contribution in [0.25, 0.3) is 0 Å². The molecule has 6 heteroatoms. The Labute approximate surface area is 121 Å². The molecule has 0 bridgehead atoms. The topological polar surface area (TPSA) is 57.6 Å². The van der Waals surface area contributed by atoms with Gasteiger partial charge in [-0.1, -0.05) is 6.07 Å². The molecule has 0 aromatic carbocycles. The summed E-state index contributed by atoms with van der Waals surface area (Å²) in [6, 6.07) is 4.01. The molecule has 4 nitrogen and oxygen atoms in total. The Morgan fingerprint density at radius 1 is 1.47 bits per heavy atom. The van der Waals surface area contributed by atoms with Gasteiger partial charge in [0.05, 0.1) is 5.75 Å². The first-order chi connectivity index (χ1) is 8.89. The molecule has 0 radical (unpaired) electrons. The summed E-state index contributed by atoms with van der Waals surface area (Å²) in [5.74, 6) is -0.0147. The number of carboxylic acid groups (broad SMARTS) is 1. The van der Waals surface area contributed by atoms with Crippen LogP contribution in [0.1, 0.15) is 25.6 Å². The highest BCUT2D eigenvalue weighted by Crippen LogP contribution is 2.20. The van der Waals surface area contributed by atoms with Gasteiger partial charge in [-0.15, -0.1) is 23.1 Å². The van der Waals surface area contributed by atoms with E-state index in [1.165, 1.54) is 21.5 Å². The minimum absolute atomic E-state index is 0.128. The first-order valence-electron chi connectivity index (χ1n) is 6.03. The van der Waals surface area contributed by atoms with Crippen molar-refractivity contribution in [3.63, 3.8) is 0 Å². The Hall–Kier alpha value is -1.01. The van der Waals surface area contributed by atoms with Crippen LogP contribution in [-0.4, -0.2) is 39.7 Å². The Morgan fingerprint density at radius 2 is 2.16 bits per heavy atom. The molecule has 0 aliphatic carbocycles. The predicted molar refractivity (Wildman–Crippen MR) is 79.6 cm³/mol. The quantitative estimate of drug-likeness (QED) is 0.841. The number of carbonyl (C=O) groups excluding carboxylic acids is 1. The van der Waals surface area contributed by atoms with Crippen molar-refractivity contribution < 1.29 is 14.7 Å². The maximum Gasteiger partial charge on any atom is 0.329 e. The zero-order chi connectivity index (χ0) is 14.5. The third-order valence-electron chi connectivity index (χ3n) is 2.87. The second-order valence-electron chi connectivity index (χ2n) is 4.57. The number of likely N-dealkylation sites (N-methyl/N-ethyl adjacent to an activating group) is 1. The molecule has 1 heterocycles. The number of carboxylic acids is 1. The zero-order valence-corrected chi connectivity index (χ0v) is 13.0. The minimum atomic E-state index is -1.16. The number of nitrogens with zero attached hydrogens (tertiary/aromatic N) is 1. The lowest BCUT2D eigenvalue weighted by Crippen LogP contribution is -2.53. The highest BCUT2D eigenvalue weighted by molar-refractivity contribution is 7.99. The lowest BCUT2D eigenvalue weighted by molar-refractivity contribution is -0.155. The monoisotopic (exact) mass is 301 g/mol. The highest BCUT2D eigenvalue weighted by atomic mass is 32.2. The van der Waals surface area contributed by atoms with Crippen molar-refractivity contribution in [1.82, 2.24) is 4.90 Å². The molecular formula is C13H19NO3S2. The number of hydrogen-bond acceptors (Lipinski definition) is 4. The zero-order valence-electron chi connectivity index (χ0n) is 11.4. The van der Waals surface area contributed by atoms with Crippen molar-refractivity contribution >= 4 is 35.0 Å². The summed E-state index contributed by atoms with van der Waals surface area (Å²) in [5.41, 5.74) is -1.16. The van der Waals surface area contributed by atoms with Gasteiger partial charge in [0.1, 0.15) is 5.54 Å². The van der Waals surface area contributed by atoms with Gasteiger partial charge in [0.15, 0.2) is 0 Å². The van der Waals surface area contributed by atoms with E-state index in [1.54, 1.807) is 32.1 Å². The fourth-order valence-corrected chi connectivity index (χ4v) is 3.45. The molecule has 1 amide bonds. The Bertz CT molecular complexity index is 429. The van der Waals surface area contributed by atoms with Crippen LogP contribution in [0.3, 0.4) is 0 Å². The third kappa shape index (κ3) is 4.24. The molecule has 0 aliphatic rings. The lowest BCUT2D eigenvalue weighted by atomic mass is 10.0. The summed E-state index contributed by atoms with van der Waals surface area (Å²) < 4.78 is 0. The lowest BCUT2D eigenvalue weighted by Gasteiger charge is -2.34. The molecule has 0 fully saturated rings. The van der Waals surface area contributed by atoms with Gasteiger partial charge >= 0.3 is 5.97 Å². The van der Waals surface area contributed by atoms with Crippen LogP contribution in [-0.2, 0) is 15.3 Å². The third-order valence-corrected chi connectivity index (χ3v) is 4.89. The minimum Gasteiger partial charge on any atom is -0.480 e. The predicted octanol–water partition coefficient (Wildman–Crippen LogP) is 2.69. The number of rotatable bonds is 7. The van der Waals surface area contributed by atoms with Crippen molar-refractivity contribution in [2.45, 2.75) is 32.1 Å². The van der Waals surface area contributed by atoms with Gasteiger partial charge in [-0.3, -0.25) is 4.79 Å². The maximum atomic E-state index is 12.1. The molecule has 19 heavy (non-hydrogen) atoms. The number of thioether (sulfide) groups is 1. The van der Waals surface area contributed by atoms with Crippen molar-refractivity contribution in [3.05, 3.63) is 22.4 Å². The van der Waals surface area contributed by atoms with Gasteiger partial charge in [-0.05, 0) is 32.2 Å². The molecular weight excluding hydrogens is 282 g/mol. The van der Waals surface area contributed by atoms with E-state index in [9.17, 15) is 9.59 Å². The van der Waals surface area contributed by atoms with Crippen LogP contribution in [0.2, 0.25) is 0 Å². The van der Waals surface area contributed by atoms with E-state index in [0.29, 0.717) is 12.3 Å². The van der Waals surface area contributed by atoms with E-state index < -0.39 is 11.5 Å². The number of carbonyl (C=O) groups is 2. The molecule has 1 rings (SSSR count). The number of thiophene rings is 1. The fraction of sp³-hybridized carbons (Fsp3) is 0.538. The second-order valence-corrected chi connectivity index (χ2v) is 6.59. The van der Waals surface area contributed by atoms with Gasteiger partial charge in [0.2, 0.25) is 5.91 Å². The molecule has 1 N–H and O–H groups in total. The summed E-state index contributed by atoms with van der Waals surface area (Å²) in [6.07, 6.45) is 0. The first kappa shape index (κ1) is 16.0. The van der Waals surface area contributed by atoms with Gasteiger partial charge in [0, 0.05) is 17.2 Å². The maximum absolute atomic E-state index is 12.1. The first-order valence-corrected chi connectivity index (χ1v) is 8.07. The molecule has 1 aromatic rings. The van der Waals surface area contributed by atoms with E-state index in [2.05, 4.69) is 0 Å². The summed E-state index contributed by atoms with van der Waals surface area (Å²) in [5, 5.41) is 11.2. The molecule has 0 spiro atoms. The van der Waals surface area contributed by atoms with Crippen LogP contribution in [0.5, 0.6) is 0 Å². The number of hydrogen-bond donors (Lipinski definition) is 1. The number of aliphatic carboxylic acids is 1. The normalized spacial score (nSPS) is 11.3. The van der Waals surface area contributed by atoms with Crippen LogP contribution in [0, 0.1) is 0 Å². The standard InChI is InChI=1S/C13H19NO3S2/c1-4-14(13(2,3)12(16)17)11(15)9-18-8-10-6-5-7-19-10/h5-7H,4,8-9H2,1-3H3,(H,16,17). The smallest absolute Gasteiger partial charge is 0.329 e. The average Bonchev–Trinajstić information content (AvgIpc) is 2.82. The van der Waals surface area contributed by atoms with E-state index >= 15 is 0 Å². The summed E-state index contributed by atoms with van der Waals surface area (Å²) in [7, 11) is 0. The molecule has 0 saturated heterocycles. The van der Waals surface area contributed by atoms with E-state index in [0.717, 1.165) is 5.75 Å². The van der Waals surface area contributed by atoms with Crippen LogP contribution in [0.15, 0.2) is 17.5 Å². The van der Waals surface area contributed by atoms with E-state index in [-0.39, 0.29) is 5.91 Å². The van der Waals surface area contributed by atoms with Gasteiger partial charge in [-0.2, -0.15) is 0 Å².